The van der Waals surface area contributed by atoms with Crippen LogP contribution in [0.4, 0.5) is 5.69 Å². The van der Waals surface area contributed by atoms with Gasteiger partial charge in [0.15, 0.2) is 0 Å². The summed E-state index contributed by atoms with van der Waals surface area (Å²) in [6.45, 7) is 2.47. The Morgan fingerprint density at radius 1 is 1.15 bits per heavy atom. The topological polar surface area (TPSA) is 93.8 Å². The number of nitrogens with one attached hydrogen (secondary N) is 1. The third-order valence-electron chi connectivity index (χ3n) is 4.80. The number of rotatable bonds is 7. The molecule has 10 heteroatoms. The van der Waals surface area contributed by atoms with E-state index in [1.54, 1.807) is 12.1 Å². The largest absolute Gasteiger partial charge is 0.487 e. The number of halogens is 2. The smallest absolute Gasteiger partial charge is 0.281 e. The fourth-order valence-electron chi connectivity index (χ4n) is 3.23. The van der Waals surface area contributed by atoms with Gasteiger partial charge in [0.25, 0.3) is 11.6 Å². The van der Waals surface area contributed by atoms with Gasteiger partial charge in [-0.1, -0.05) is 29.8 Å². The summed E-state index contributed by atoms with van der Waals surface area (Å²) in [4.78, 5) is 23.4. The Morgan fingerprint density at radius 2 is 1.91 bits per heavy atom. The lowest BCUT2D eigenvalue weighted by atomic mass is 10.1. The Morgan fingerprint density at radius 3 is 2.62 bits per heavy atom. The van der Waals surface area contributed by atoms with E-state index >= 15 is 0 Å². The van der Waals surface area contributed by atoms with E-state index in [2.05, 4.69) is 48.5 Å². The minimum atomic E-state index is -0.462. The monoisotopic (exact) mass is 601 g/mol. The van der Waals surface area contributed by atoms with Crippen LogP contribution in [0.5, 0.6) is 5.75 Å². The summed E-state index contributed by atoms with van der Waals surface area (Å²) in [7, 11) is 0. The summed E-state index contributed by atoms with van der Waals surface area (Å²) in [6, 6.07) is 17.9. The summed E-state index contributed by atoms with van der Waals surface area (Å²) < 4.78 is 8.24. The van der Waals surface area contributed by atoms with Gasteiger partial charge in [-0.15, -0.1) is 11.3 Å². The van der Waals surface area contributed by atoms with Gasteiger partial charge < -0.3 is 4.74 Å². The molecule has 0 unspecified atom stereocenters. The molecule has 0 spiro atoms. The van der Waals surface area contributed by atoms with Crippen molar-refractivity contribution in [3.8, 4) is 5.75 Å². The Kier molecular flexibility index (Phi) is 7.40. The van der Waals surface area contributed by atoms with Crippen LogP contribution >= 0.6 is 43.2 Å². The van der Waals surface area contributed by atoms with Gasteiger partial charge in [0.05, 0.1) is 25.0 Å². The van der Waals surface area contributed by atoms with Crippen molar-refractivity contribution >= 4 is 71.1 Å². The highest BCUT2D eigenvalue weighted by Gasteiger charge is 2.13. The van der Waals surface area contributed by atoms with Gasteiger partial charge in [0.2, 0.25) is 0 Å². The third kappa shape index (κ3) is 5.69. The fourth-order valence-corrected chi connectivity index (χ4v) is 5.61. The van der Waals surface area contributed by atoms with Crippen molar-refractivity contribution in [3.05, 3.63) is 101 Å². The molecule has 3 aromatic carbocycles. The van der Waals surface area contributed by atoms with Crippen molar-refractivity contribution in [1.82, 2.24) is 5.43 Å². The van der Waals surface area contributed by atoms with Crippen molar-refractivity contribution in [3.63, 3.8) is 0 Å². The zero-order valence-corrected chi connectivity index (χ0v) is 21.7. The summed E-state index contributed by atoms with van der Waals surface area (Å²) >= 11 is 8.30. The minimum absolute atomic E-state index is 0.0160. The van der Waals surface area contributed by atoms with Crippen LogP contribution in [0.1, 0.15) is 26.4 Å². The molecule has 0 aliphatic rings. The molecule has 4 rings (SSSR count). The average Bonchev–Trinajstić information content (AvgIpc) is 3.22. The molecule has 1 N–H and O–H groups in total. The number of carbonyl (C=O) groups excluding carboxylic acids is 1. The van der Waals surface area contributed by atoms with Gasteiger partial charge in [-0.3, -0.25) is 14.9 Å². The Hall–Kier alpha value is -3.08. The second kappa shape index (κ2) is 10.5. The second-order valence-corrected chi connectivity index (χ2v) is 10.2. The number of fused-ring (bicyclic) bond motifs is 1. The lowest BCUT2D eigenvalue weighted by Crippen LogP contribution is -2.16. The molecule has 0 atom stereocenters. The van der Waals surface area contributed by atoms with E-state index in [4.69, 9.17) is 4.74 Å². The number of benzene rings is 3. The van der Waals surface area contributed by atoms with Gasteiger partial charge in [-0.2, -0.15) is 5.10 Å². The highest BCUT2D eigenvalue weighted by molar-refractivity contribution is 9.11. The molecule has 172 valence electrons. The molecule has 0 fully saturated rings. The Balaban J connectivity index is 1.41. The summed E-state index contributed by atoms with van der Waals surface area (Å²) in [5.41, 5.74) is 5.47. The van der Waals surface area contributed by atoms with E-state index < -0.39 is 10.8 Å². The van der Waals surface area contributed by atoms with Crippen LogP contribution in [0.2, 0.25) is 0 Å². The van der Waals surface area contributed by atoms with Gasteiger partial charge in [-0.25, -0.2) is 5.43 Å². The Bertz CT molecular complexity index is 1410. The molecular formula is C24H17Br2N3O4S. The first-order valence-electron chi connectivity index (χ1n) is 9.99. The van der Waals surface area contributed by atoms with Crippen molar-refractivity contribution in [1.29, 1.82) is 0 Å². The molecule has 4 aromatic rings. The summed E-state index contributed by atoms with van der Waals surface area (Å²) in [6.07, 6.45) is 1.52. The zero-order chi connectivity index (χ0) is 24.2. The summed E-state index contributed by atoms with van der Waals surface area (Å²) in [5, 5.41) is 15.6. The highest BCUT2D eigenvalue weighted by atomic mass is 79.9. The number of ether oxygens (including phenoxy) is 1. The number of amides is 1. The molecule has 34 heavy (non-hydrogen) atoms. The van der Waals surface area contributed by atoms with E-state index in [0.717, 1.165) is 24.8 Å². The number of nitro groups is 1. The van der Waals surface area contributed by atoms with Crippen LogP contribution in [-0.2, 0) is 6.61 Å². The normalized spacial score (nSPS) is 11.1. The van der Waals surface area contributed by atoms with Crippen molar-refractivity contribution in [2.45, 2.75) is 13.5 Å². The number of hydrazone groups is 1. The lowest BCUT2D eigenvalue weighted by molar-refractivity contribution is -0.384. The number of thiophene rings is 1. The van der Waals surface area contributed by atoms with Crippen molar-refractivity contribution in [2.75, 3.05) is 0 Å². The van der Waals surface area contributed by atoms with Crippen LogP contribution in [0, 0.1) is 17.0 Å². The van der Waals surface area contributed by atoms with E-state index in [0.29, 0.717) is 22.6 Å². The number of hydrogen-bond acceptors (Lipinski definition) is 6. The molecule has 1 amide bonds. The first kappa shape index (κ1) is 24.1. The molecule has 0 radical (unpaired) electrons. The van der Waals surface area contributed by atoms with Gasteiger partial charge in [0.1, 0.15) is 12.4 Å². The van der Waals surface area contributed by atoms with Gasteiger partial charge >= 0.3 is 0 Å². The molecule has 0 saturated heterocycles. The van der Waals surface area contributed by atoms with E-state index in [1.807, 2.05) is 37.3 Å². The molecular weight excluding hydrogens is 586 g/mol. The van der Waals surface area contributed by atoms with Gasteiger partial charge in [0, 0.05) is 22.2 Å². The third-order valence-corrected chi connectivity index (χ3v) is 7.09. The maximum absolute atomic E-state index is 12.5. The van der Waals surface area contributed by atoms with Crippen LogP contribution in [0.15, 0.2) is 74.7 Å². The SMILES string of the molecule is Cc1cccc(COc2c(Br)cc(/C=N\NC(=O)c3cc4cc([N+](=O)[O-])ccc4s3)cc2Br)c1. The number of aryl methyl sites for hydroxylation is 1. The molecule has 0 aliphatic heterocycles. The van der Waals surface area contributed by atoms with E-state index in [1.165, 1.54) is 35.2 Å². The van der Waals surface area contributed by atoms with Crippen molar-refractivity contribution < 1.29 is 14.5 Å². The molecule has 0 saturated carbocycles. The number of nitro benzene ring substituents is 1. The number of hydrogen-bond donors (Lipinski definition) is 1. The van der Waals surface area contributed by atoms with Crippen LogP contribution < -0.4 is 10.2 Å². The lowest BCUT2D eigenvalue weighted by Gasteiger charge is -2.11. The Labute approximate surface area is 215 Å². The molecule has 0 bridgehead atoms. The second-order valence-electron chi connectivity index (χ2n) is 7.38. The molecule has 0 aliphatic carbocycles. The van der Waals surface area contributed by atoms with Crippen LogP contribution in [0.25, 0.3) is 10.1 Å². The fraction of sp³-hybridized carbons (Fsp3) is 0.0833. The number of nitrogens with zero attached hydrogens (tertiary/aromatic N) is 2. The van der Waals surface area contributed by atoms with Crippen molar-refractivity contribution in [2.24, 2.45) is 5.10 Å². The van der Waals surface area contributed by atoms with E-state index in [9.17, 15) is 14.9 Å². The quantitative estimate of drug-likeness (QED) is 0.140. The van der Waals surface area contributed by atoms with Gasteiger partial charge in [-0.05, 0) is 74.2 Å². The van der Waals surface area contributed by atoms with Crippen LogP contribution in [0.3, 0.4) is 0 Å². The predicted octanol–water partition coefficient (Wildman–Crippen LogP) is 6.99. The number of non-ortho nitro benzene ring substituents is 1. The molecule has 7 nitrogen and oxygen atoms in total. The first-order chi connectivity index (χ1) is 16.3. The maximum Gasteiger partial charge on any atom is 0.281 e. The predicted molar refractivity (Wildman–Crippen MR) is 141 cm³/mol. The maximum atomic E-state index is 12.5. The average molecular weight is 603 g/mol. The molecule has 1 heterocycles. The molecule has 1 aromatic heterocycles. The zero-order valence-electron chi connectivity index (χ0n) is 17.7. The van der Waals surface area contributed by atoms with Crippen LogP contribution in [-0.4, -0.2) is 17.0 Å². The number of carbonyl (C=O) groups is 1. The van der Waals surface area contributed by atoms with E-state index in [-0.39, 0.29) is 5.69 Å². The highest BCUT2D eigenvalue weighted by Crippen LogP contribution is 2.35. The summed E-state index contributed by atoms with van der Waals surface area (Å²) in [5.74, 6) is 0.276. The minimum Gasteiger partial charge on any atom is -0.487 e. The standard InChI is InChI=1S/C24H17Br2N3O4S/c1-14-3-2-4-15(7-14)13-33-23-19(25)8-16(9-20(23)26)12-27-28-24(30)22-11-17-10-18(29(31)32)5-6-21(17)34-22/h2-12H,13H2,1H3,(H,28,30)/b27-12-. The first-order valence-corrected chi connectivity index (χ1v) is 12.4.